The summed E-state index contributed by atoms with van der Waals surface area (Å²) in [6.45, 7) is 4.41. The Bertz CT molecular complexity index is 472. The van der Waals surface area contributed by atoms with Crippen molar-refractivity contribution in [3.63, 3.8) is 0 Å². The first-order valence-electron chi connectivity index (χ1n) is 6.32. The molecule has 2 rings (SSSR count). The van der Waals surface area contributed by atoms with Gasteiger partial charge in [-0.25, -0.2) is 0 Å². The molecule has 1 fully saturated rings. The molecule has 1 aromatic rings. The molecule has 5 nitrogen and oxygen atoms in total. The van der Waals surface area contributed by atoms with Crippen molar-refractivity contribution in [2.45, 2.75) is 20.3 Å². The van der Waals surface area contributed by atoms with Gasteiger partial charge < -0.3 is 15.4 Å². The Hall–Kier alpha value is -1.88. The van der Waals surface area contributed by atoms with Gasteiger partial charge in [-0.2, -0.15) is 0 Å². The van der Waals surface area contributed by atoms with Crippen molar-refractivity contribution in [2.75, 3.05) is 23.8 Å². The second-order valence-corrected chi connectivity index (χ2v) is 4.84. The molecule has 0 spiro atoms. The molecular formula is C14H18N2O3. The first-order valence-corrected chi connectivity index (χ1v) is 6.32. The van der Waals surface area contributed by atoms with Gasteiger partial charge in [-0.1, -0.05) is 6.92 Å². The number of carbonyl (C=O) groups excluding carboxylic acids is 2. The van der Waals surface area contributed by atoms with Crippen LogP contribution in [0.15, 0.2) is 24.3 Å². The van der Waals surface area contributed by atoms with Crippen LogP contribution in [0.3, 0.4) is 0 Å². The van der Waals surface area contributed by atoms with Crippen LogP contribution >= 0.6 is 0 Å². The van der Waals surface area contributed by atoms with Crippen molar-refractivity contribution in [2.24, 2.45) is 5.41 Å². The van der Waals surface area contributed by atoms with Crippen molar-refractivity contribution in [3.05, 3.63) is 24.3 Å². The molecule has 0 aromatic heterocycles. The Labute approximate surface area is 112 Å². The van der Waals surface area contributed by atoms with Crippen LogP contribution in [0.2, 0.25) is 0 Å². The summed E-state index contributed by atoms with van der Waals surface area (Å²) in [5.74, 6) is -0.123. The number of benzene rings is 1. The van der Waals surface area contributed by atoms with E-state index in [1.165, 1.54) is 6.92 Å². The lowest BCUT2D eigenvalue weighted by Gasteiger charge is -2.38. The van der Waals surface area contributed by atoms with Crippen LogP contribution in [0.1, 0.15) is 20.3 Å². The molecule has 102 valence electrons. The predicted octanol–water partition coefficient (Wildman–Crippen LogP) is 2.01. The summed E-state index contributed by atoms with van der Waals surface area (Å²) in [5, 5.41) is 5.56. The molecule has 1 aliphatic heterocycles. The monoisotopic (exact) mass is 262 g/mol. The van der Waals surface area contributed by atoms with E-state index in [-0.39, 0.29) is 17.2 Å². The summed E-state index contributed by atoms with van der Waals surface area (Å²) in [6, 6.07) is 7.05. The van der Waals surface area contributed by atoms with Gasteiger partial charge >= 0.3 is 0 Å². The lowest BCUT2D eigenvalue weighted by atomic mass is 9.82. The summed E-state index contributed by atoms with van der Waals surface area (Å²) in [7, 11) is 0. The fourth-order valence-electron chi connectivity index (χ4n) is 1.95. The topological polar surface area (TPSA) is 67.4 Å². The SMILES string of the molecule is CCC1(C(=O)Nc2ccc(NC(C)=O)cc2)COC1. The van der Waals surface area contributed by atoms with Crippen molar-refractivity contribution >= 4 is 23.2 Å². The number of ether oxygens (including phenoxy) is 1. The van der Waals surface area contributed by atoms with Gasteiger partial charge in [0.1, 0.15) is 0 Å². The van der Waals surface area contributed by atoms with Gasteiger partial charge in [-0.15, -0.1) is 0 Å². The highest BCUT2D eigenvalue weighted by Gasteiger charge is 2.44. The number of hydrogen-bond acceptors (Lipinski definition) is 3. The van der Waals surface area contributed by atoms with E-state index in [4.69, 9.17) is 4.74 Å². The molecule has 1 aliphatic rings. The molecular weight excluding hydrogens is 244 g/mol. The van der Waals surface area contributed by atoms with Gasteiger partial charge in [0.25, 0.3) is 0 Å². The molecule has 0 radical (unpaired) electrons. The van der Waals surface area contributed by atoms with Crippen LogP contribution in [0.5, 0.6) is 0 Å². The molecule has 5 heteroatoms. The van der Waals surface area contributed by atoms with Gasteiger partial charge in [-0.3, -0.25) is 9.59 Å². The Balaban J connectivity index is 1.99. The zero-order chi connectivity index (χ0) is 13.9. The molecule has 2 amide bonds. The van der Waals surface area contributed by atoms with Crippen LogP contribution < -0.4 is 10.6 Å². The van der Waals surface area contributed by atoms with Crippen LogP contribution in [0.25, 0.3) is 0 Å². The number of amides is 2. The van der Waals surface area contributed by atoms with Gasteiger partial charge in [0.15, 0.2) is 0 Å². The van der Waals surface area contributed by atoms with Gasteiger partial charge in [0.05, 0.1) is 18.6 Å². The first-order chi connectivity index (χ1) is 9.05. The maximum atomic E-state index is 12.1. The van der Waals surface area contributed by atoms with E-state index in [1.807, 2.05) is 6.92 Å². The largest absolute Gasteiger partial charge is 0.379 e. The van der Waals surface area contributed by atoms with E-state index in [0.29, 0.717) is 18.9 Å². The summed E-state index contributed by atoms with van der Waals surface area (Å²) < 4.78 is 5.14. The van der Waals surface area contributed by atoms with E-state index in [9.17, 15) is 9.59 Å². The Morgan fingerprint density at radius 1 is 1.16 bits per heavy atom. The van der Waals surface area contributed by atoms with Crippen molar-refractivity contribution in [3.8, 4) is 0 Å². The number of carbonyl (C=O) groups is 2. The highest BCUT2D eigenvalue weighted by Crippen LogP contribution is 2.32. The minimum Gasteiger partial charge on any atom is -0.379 e. The standard InChI is InChI=1S/C14H18N2O3/c1-3-14(8-19-9-14)13(18)16-12-6-4-11(5-7-12)15-10(2)17/h4-7H,3,8-9H2,1-2H3,(H,15,17)(H,16,18). The second kappa shape index (κ2) is 5.40. The molecule has 0 saturated carbocycles. The van der Waals surface area contributed by atoms with E-state index in [0.717, 1.165) is 12.1 Å². The Morgan fingerprint density at radius 3 is 2.05 bits per heavy atom. The van der Waals surface area contributed by atoms with E-state index in [2.05, 4.69) is 10.6 Å². The van der Waals surface area contributed by atoms with E-state index in [1.54, 1.807) is 24.3 Å². The smallest absolute Gasteiger partial charge is 0.235 e. The number of anilines is 2. The fourth-order valence-corrected chi connectivity index (χ4v) is 1.95. The van der Waals surface area contributed by atoms with Gasteiger partial charge in [0.2, 0.25) is 11.8 Å². The van der Waals surface area contributed by atoms with Crippen molar-refractivity contribution in [1.29, 1.82) is 0 Å². The predicted molar refractivity (Wildman–Crippen MR) is 72.9 cm³/mol. The van der Waals surface area contributed by atoms with Crippen LogP contribution in [0.4, 0.5) is 11.4 Å². The van der Waals surface area contributed by atoms with Crippen LogP contribution in [0, 0.1) is 5.41 Å². The summed E-state index contributed by atoms with van der Waals surface area (Å²) in [6.07, 6.45) is 0.767. The van der Waals surface area contributed by atoms with Crippen LogP contribution in [-0.2, 0) is 14.3 Å². The lowest BCUT2D eigenvalue weighted by Crippen LogP contribution is -2.51. The highest BCUT2D eigenvalue weighted by molar-refractivity contribution is 5.96. The molecule has 1 saturated heterocycles. The highest BCUT2D eigenvalue weighted by atomic mass is 16.5. The second-order valence-electron chi connectivity index (χ2n) is 4.84. The Kier molecular flexibility index (Phi) is 3.85. The van der Waals surface area contributed by atoms with Crippen molar-refractivity contribution < 1.29 is 14.3 Å². The molecule has 0 atom stereocenters. The van der Waals surface area contributed by atoms with E-state index < -0.39 is 0 Å². The normalized spacial score (nSPS) is 16.3. The summed E-state index contributed by atoms with van der Waals surface area (Å²) in [4.78, 5) is 23.0. The molecule has 19 heavy (non-hydrogen) atoms. The minimum absolute atomic E-state index is 0.00599. The minimum atomic E-state index is -0.379. The third-order valence-electron chi connectivity index (χ3n) is 3.38. The average molecular weight is 262 g/mol. The maximum Gasteiger partial charge on any atom is 0.235 e. The number of rotatable bonds is 4. The third-order valence-corrected chi connectivity index (χ3v) is 3.38. The van der Waals surface area contributed by atoms with Gasteiger partial charge in [0, 0.05) is 18.3 Å². The van der Waals surface area contributed by atoms with Gasteiger partial charge in [-0.05, 0) is 30.7 Å². The molecule has 0 bridgehead atoms. The zero-order valence-electron chi connectivity index (χ0n) is 11.2. The quantitative estimate of drug-likeness (QED) is 0.872. The first kappa shape index (κ1) is 13.5. The third kappa shape index (κ3) is 2.93. The fraction of sp³-hybridized carbons (Fsp3) is 0.429. The van der Waals surface area contributed by atoms with Crippen LogP contribution in [-0.4, -0.2) is 25.0 Å². The zero-order valence-corrected chi connectivity index (χ0v) is 11.2. The molecule has 1 heterocycles. The summed E-state index contributed by atoms with van der Waals surface area (Å²) >= 11 is 0. The lowest BCUT2D eigenvalue weighted by molar-refractivity contribution is -0.156. The van der Waals surface area contributed by atoms with E-state index >= 15 is 0 Å². The summed E-state index contributed by atoms with van der Waals surface area (Å²) in [5.41, 5.74) is 1.05. The molecule has 0 aliphatic carbocycles. The number of hydrogen-bond donors (Lipinski definition) is 2. The molecule has 1 aromatic carbocycles. The maximum absolute atomic E-state index is 12.1. The average Bonchev–Trinajstić information content (AvgIpc) is 2.30. The van der Waals surface area contributed by atoms with Crippen molar-refractivity contribution in [1.82, 2.24) is 0 Å². The Morgan fingerprint density at radius 2 is 1.68 bits per heavy atom. The molecule has 2 N–H and O–H groups in total. The number of nitrogens with one attached hydrogen (secondary N) is 2. The molecule has 0 unspecified atom stereocenters.